The van der Waals surface area contributed by atoms with Crippen LogP contribution in [0.3, 0.4) is 0 Å². The van der Waals surface area contributed by atoms with E-state index in [0.29, 0.717) is 5.88 Å². The molecule has 1 N–H and O–H groups in total. The summed E-state index contributed by atoms with van der Waals surface area (Å²) in [5.41, 5.74) is 2.80. The Morgan fingerprint density at radius 3 is 3.00 bits per heavy atom. The van der Waals surface area contributed by atoms with Gasteiger partial charge in [0.2, 0.25) is 0 Å². The summed E-state index contributed by atoms with van der Waals surface area (Å²) in [7, 11) is 1.95. The predicted molar refractivity (Wildman–Crippen MR) is 33.9 cm³/mol. The number of amidine groups is 1. The number of halogens is 1. The largest absolute Gasteiger partial charge is 0.342 e. The van der Waals surface area contributed by atoms with Gasteiger partial charge in [0.15, 0.2) is 0 Å². The molecule has 8 heavy (non-hydrogen) atoms. The molecule has 46 valence electrons. The first-order valence-electron chi connectivity index (χ1n) is 2.41. The Balaban J connectivity index is 2.49. The van der Waals surface area contributed by atoms with Crippen molar-refractivity contribution in [2.45, 2.75) is 0 Å². The zero-order chi connectivity index (χ0) is 5.98. The van der Waals surface area contributed by atoms with Gasteiger partial charge >= 0.3 is 0 Å². The van der Waals surface area contributed by atoms with E-state index < -0.39 is 0 Å². The van der Waals surface area contributed by atoms with E-state index in [1.807, 2.05) is 11.9 Å². The molecule has 0 unspecified atom stereocenters. The second-order valence-electron chi connectivity index (χ2n) is 1.68. The topological polar surface area (TPSA) is 27.6 Å². The minimum Gasteiger partial charge on any atom is -0.342 e. The molecule has 0 fully saturated rings. The Morgan fingerprint density at radius 2 is 2.75 bits per heavy atom. The summed E-state index contributed by atoms with van der Waals surface area (Å²) >= 11 is 5.49. The Labute approximate surface area is 53.3 Å². The first-order chi connectivity index (χ1) is 3.84. The standard InChI is InChI=1S/C4H8ClN3/c1-8-3-6-7-4(8)2-5/h6H,2-3H2,1H3. The van der Waals surface area contributed by atoms with Crippen LogP contribution in [-0.2, 0) is 0 Å². The number of hydrogen-bond acceptors (Lipinski definition) is 3. The molecule has 0 amide bonds. The summed E-state index contributed by atoms with van der Waals surface area (Å²) < 4.78 is 0. The van der Waals surface area contributed by atoms with Crippen molar-refractivity contribution in [1.82, 2.24) is 10.3 Å². The van der Waals surface area contributed by atoms with Crippen LogP contribution >= 0.6 is 11.6 Å². The van der Waals surface area contributed by atoms with Crippen molar-refractivity contribution in [3.8, 4) is 0 Å². The molecule has 0 saturated heterocycles. The van der Waals surface area contributed by atoms with Crippen molar-refractivity contribution in [3.63, 3.8) is 0 Å². The van der Waals surface area contributed by atoms with E-state index in [9.17, 15) is 0 Å². The van der Waals surface area contributed by atoms with Gasteiger partial charge in [-0.1, -0.05) is 0 Å². The van der Waals surface area contributed by atoms with E-state index in [1.54, 1.807) is 0 Å². The second kappa shape index (κ2) is 2.22. The highest BCUT2D eigenvalue weighted by Gasteiger charge is 2.08. The van der Waals surface area contributed by atoms with Gasteiger partial charge in [0.1, 0.15) is 12.5 Å². The maximum absolute atomic E-state index is 5.49. The van der Waals surface area contributed by atoms with E-state index in [0.717, 1.165) is 12.5 Å². The molecule has 0 aromatic rings. The van der Waals surface area contributed by atoms with Crippen LogP contribution in [0.15, 0.2) is 5.10 Å². The van der Waals surface area contributed by atoms with Crippen molar-refractivity contribution in [1.29, 1.82) is 0 Å². The van der Waals surface area contributed by atoms with Gasteiger partial charge in [0, 0.05) is 7.05 Å². The van der Waals surface area contributed by atoms with Crippen LogP contribution in [0.25, 0.3) is 0 Å². The van der Waals surface area contributed by atoms with Crippen LogP contribution in [-0.4, -0.2) is 30.3 Å². The second-order valence-corrected chi connectivity index (χ2v) is 1.94. The fourth-order valence-corrected chi connectivity index (χ4v) is 0.805. The van der Waals surface area contributed by atoms with Gasteiger partial charge < -0.3 is 4.90 Å². The fraction of sp³-hybridized carbons (Fsp3) is 0.750. The molecule has 0 saturated carbocycles. The zero-order valence-corrected chi connectivity index (χ0v) is 5.44. The highest BCUT2D eigenvalue weighted by atomic mass is 35.5. The summed E-state index contributed by atoms with van der Waals surface area (Å²) in [6.45, 7) is 0.780. The van der Waals surface area contributed by atoms with Crippen LogP contribution in [0.1, 0.15) is 0 Å². The third kappa shape index (κ3) is 0.865. The number of alkyl halides is 1. The molecule has 1 aliphatic rings. The highest BCUT2D eigenvalue weighted by molar-refractivity contribution is 6.28. The van der Waals surface area contributed by atoms with Crippen molar-refractivity contribution < 1.29 is 0 Å². The van der Waals surface area contributed by atoms with Gasteiger partial charge in [-0.15, -0.1) is 11.6 Å². The zero-order valence-electron chi connectivity index (χ0n) is 4.69. The van der Waals surface area contributed by atoms with E-state index in [1.165, 1.54) is 0 Å². The van der Waals surface area contributed by atoms with Crippen LogP contribution < -0.4 is 5.43 Å². The molecule has 0 aliphatic carbocycles. The molecule has 1 rings (SSSR count). The van der Waals surface area contributed by atoms with Gasteiger partial charge in [-0.2, -0.15) is 5.10 Å². The van der Waals surface area contributed by atoms with Gasteiger partial charge in [-0.3, -0.25) is 5.43 Å². The summed E-state index contributed by atoms with van der Waals surface area (Å²) in [6, 6.07) is 0. The van der Waals surface area contributed by atoms with Crippen molar-refractivity contribution in [3.05, 3.63) is 0 Å². The molecule has 0 atom stereocenters. The first-order valence-corrected chi connectivity index (χ1v) is 2.94. The van der Waals surface area contributed by atoms with Crippen molar-refractivity contribution >= 4 is 17.4 Å². The van der Waals surface area contributed by atoms with E-state index in [-0.39, 0.29) is 0 Å². The summed E-state index contributed by atoms with van der Waals surface area (Å²) in [5, 5.41) is 3.90. The number of nitrogens with zero attached hydrogens (tertiary/aromatic N) is 2. The first kappa shape index (κ1) is 5.69. The number of hydrogen-bond donors (Lipinski definition) is 1. The number of nitrogens with one attached hydrogen (secondary N) is 1. The molecular formula is C4H8ClN3. The molecule has 3 nitrogen and oxygen atoms in total. The average molecular weight is 134 g/mol. The van der Waals surface area contributed by atoms with Gasteiger partial charge in [-0.25, -0.2) is 0 Å². The average Bonchev–Trinajstić information content (AvgIpc) is 2.14. The SMILES string of the molecule is CN1CNN=C1CCl. The molecule has 0 radical (unpaired) electrons. The minimum atomic E-state index is 0.490. The molecular weight excluding hydrogens is 126 g/mol. The maximum atomic E-state index is 5.49. The predicted octanol–water partition coefficient (Wildman–Crippen LogP) is 0.0312. The lowest BCUT2D eigenvalue weighted by molar-refractivity contribution is 0.505. The maximum Gasteiger partial charge on any atom is 0.141 e. The Morgan fingerprint density at radius 1 is 2.00 bits per heavy atom. The normalized spacial score (nSPS) is 18.2. The minimum absolute atomic E-state index is 0.490. The Kier molecular flexibility index (Phi) is 1.58. The molecule has 1 heterocycles. The Bertz CT molecular complexity index is 112. The van der Waals surface area contributed by atoms with Crippen LogP contribution in [0.2, 0.25) is 0 Å². The van der Waals surface area contributed by atoms with Gasteiger partial charge in [-0.05, 0) is 0 Å². The third-order valence-corrected chi connectivity index (χ3v) is 1.32. The molecule has 0 aromatic heterocycles. The number of hydrazone groups is 1. The van der Waals surface area contributed by atoms with E-state index >= 15 is 0 Å². The van der Waals surface area contributed by atoms with E-state index in [2.05, 4.69) is 10.5 Å². The molecule has 0 aromatic carbocycles. The quantitative estimate of drug-likeness (QED) is 0.512. The van der Waals surface area contributed by atoms with Crippen molar-refractivity contribution in [2.24, 2.45) is 5.10 Å². The summed E-state index contributed by atoms with van der Waals surface area (Å²) in [6.07, 6.45) is 0. The summed E-state index contributed by atoms with van der Waals surface area (Å²) in [4.78, 5) is 1.97. The summed E-state index contributed by atoms with van der Waals surface area (Å²) in [5.74, 6) is 1.40. The lowest BCUT2D eigenvalue weighted by Crippen LogP contribution is -2.25. The van der Waals surface area contributed by atoms with Crippen LogP contribution in [0, 0.1) is 0 Å². The lowest BCUT2D eigenvalue weighted by Gasteiger charge is -2.07. The lowest BCUT2D eigenvalue weighted by atomic mass is 10.6. The molecule has 4 heteroatoms. The van der Waals surface area contributed by atoms with Crippen LogP contribution in [0.4, 0.5) is 0 Å². The molecule has 0 spiro atoms. The third-order valence-electron chi connectivity index (χ3n) is 1.08. The van der Waals surface area contributed by atoms with Crippen molar-refractivity contribution in [2.75, 3.05) is 19.6 Å². The monoisotopic (exact) mass is 133 g/mol. The number of rotatable bonds is 1. The fourth-order valence-electron chi connectivity index (χ4n) is 0.541. The van der Waals surface area contributed by atoms with Gasteiger partial charge in [0.05, 0.1) is 5.88 Å². The smallest absolute Gasteiger partial charge is 0.141 e. The van der Waals surface area contributed by atoms with Crippen LogP contribution in [0.5, 0.6) is 0 Å². The highest BCUT2D eigenvalue weighted by Crippen LogP contribution is 1.93. The van der Waals surface area contributed by atoms with Gasteiger partial charge in [0.25, 0.3) is 0 Å². The molecule has 1 aliphatic heterocycles. The molecule has 0 bridgehead atoms. The Hall–Kier alpha value is -0.440. The van der Waals surface area contributed by atoms with E-state index in [4.69, 9.17) is 11.6 Å².